The number of aryl methyl sites for hydroxylation is 1. The van der Waals surface area contributed by atoms with E-state index in [0.29, 0.717) is 5.02 Å². The van der Waals surface area contributed by atoms with Gasteiger partial charge in [0.15, 0.2) is 0 Å². The maximum atomic E-state index is 10.3. The summed E-state index contributed by atoms with van der Waals surface area (Å²) < 4.78 is 0.830. The molecule has 1 N–H and O–H groups in total. The summed E-state index contributed by atoms with van der Waals surface area (Å²) in [4.78, 5) is 10.3. The lowest BCUT2D eigenvalue weighted by atomic mass is 10.1. The molecule has 0 aromatic heterocycles. The third-order valence-electron chi connectivity index (χ3n) is 1.68. The average Bonchev–Trinajstić information content (AvgIpc) is 2.09. The van der Waals surface area contributed by atoms with Crippen molar-refractivity contribution in [2.24, 2.45) is 0 Å². The summed E-state index contributed by atoms with van der Waals surface area (Å²) in [6.45, 7) is 1.89. The van der Waals surface area contributed by atoms with Crippen LogP contribution in [-0.4, -0.2) is 11.1 Å². The van der Waals surface area contributed by atoms with Crippen molar-refractivity contribution in [3.8, 4) is 0 Å². The highest BCUT2D eigenvalue weighted by Crippen LogP contribution is 2.25. The fourth-order valence-corrected chi connectivity index (χ4v) is 1.71. The second-order valence-electron chi connectivity index (χ2n) is 2.79. The Morgan fingerprint density at radius 2 is 2.21 bits per heavy atom. The van der Waals surface area contributed by atoms with Crippen LogP contribution in [0.15, 0.2) is 22.7 Å². The van der Waals surface area contributed by atoms with Gasteiger partial charge in [0.05, 0.1) is 0 Å². The van der Waals surface area contributed by atoms with E-state index in [4.69, 9.17) is 16.7 Å². The summed E-state index contributed by atoms with van der Waals surface area (Å²) in [7, 11) is 0. The second kappa shape index (κ2) is 4.62. The summed E-state index contributed by atoms with van der Waals surface area (Å²) in [6.07, 6.45) is 2.57. The Labute approximate surface area is 95.3 Å². The molecule has 0 radical (unpaired) electrons. The van der Waals surface area contributed by atoms with E-state index < -0.39 is 5.97 Å². The van der Waals surface area contributed by atoms with Crippen LogP contribution in [0.4, 0.5) is 0 Å². The van der Waals surface area contributed by atoms with Crippen LogP contribution in [0, 0.1) is 6.92 Å². The van der Waals surface area contributed by atoms with Gasteiger partial charge < -0.3 is 5.11 Å². The van der Waals surface area contributed by atoms with E-state index in [1.807, 2.05) is 13.0 Å². The summed E-state index contributed by atoms with van der Waals surface area (Å²) >= 11 is 9.23. The lowest BCUT2D eigenvalue weighted by Gasteiger charge is -2.02. The number of hydrogen-bond acceptors (Lipinski definition) is 1. The lowest BCUT2D eigenvalue weighted by Crippen LogP contribution is -1.87. The van der Waals surface area contributed by atoms with E-state index in [2.05, 4.69) is 15.9 Å². The average molecular weight is 276 g/mol. The number of halogens is 2. The van der Waals surface area contributed by atoms with E-state index in [1.54, 1.807) is 6.07 Å². The van der Waals surface area contributed by atoms with Crippen LogP contribution in [0.2, 0.25) is 5.02 Å². The number of benzene rings is 1. The third-order valence-corrected chi connectivity index (χ3v) is 2.78. The highest BCUT2D eigenvalue weighted by atomic mass is 79.9. The molecule has 0 aliphatic heterocycles. The van der Waals surface area contributed by atoms with E-state index in [0.717, 1.165) is 21.7 Å². The van der Waals surface area contributed by atoms with Gasteiger partial charge in [0.1, 0.15) is 0 Å². The molecule has 4 heteroatoms. The van der Waals surface area contributed by atoms with Gasteiger partial charge in [-0.3, -0.25) is 0 Å². The SMILES string of the molecule is Cc1cc(Br)c(/C=C/C(=O)O)cc1Cl. The smallest absolute Gasteiger partial charge is 0.328 e. The Balaban J connectivity index is 3.10. The summed E-state index contributed by atoms with van der Waals surface area (Å²) in [6, 6.07) is 3.57. The van der Waals surface area contributed by atoms with Crippen molar-refractivity contribution < 1.29 is 9.90 Å². The number of carboxylic acid groups (broad SMARTS) is 1. The zero-order valence-electron chi connectivity index (χ0n) is 7.42. The molecule has 1 aromatic carbocycles. The molecule has 0 unspecified atom stereocenters. The Bertz CT molecular complexity index is 399. The molecule has 0 saturated carbocycles. The Kier molecular flexibility index (Phi) is 3.72. The van der Waals surface area contributed by atoms with E-state index in [1.165, 1.54) is 6.08 Å². The molecule has 1 aromatic rings. The molecule has 0 amide bonds. The highest BCUT2D eigenvalue weighted by molar-refractivity contribution is 9.10. The van der Waals surface area contributed by atoms with Gasteiger partial charge in [0.25, 0.3) is 0 Å². The number of aliphatic carboxylic acids is 1. The summed E-state index contributed by atoms with van der Waals surface area (Å²) in [5.74, 6) is -0.978. The van der Waals surface area contributed by atoms with Crippen LogP contribution >= 0.6 is 27.5 Å². The van der Waals surface area contributed by atoms with Crippen molar-refractivity contribution in [1.82, 2.24) is 0 Å². The quantitative estimate of drug-likeness (QED) is 0.839. The van der Waals surface area contributed by atoms with Gasteiger partial charge in [0, 0.05) is 15.6 Å². The number of carbonyl (C=O) groups is 1. The van der Waals surface area contributed by atoms with Gasteiger partial charge in [-0.15, -0.1) is 0 Å². The first-order valence-electron chi connectivity index (χ1n) is 3.87. The lowest BCUT2D eigenvalue weighted by molar-refractivity contribution is -0.131. The zero-order chi connectivity index (χ0) is 10.7. The Hall–Kier alpha value is -0.800. The number of hydrogen-bond donors (Lipinski definition) is 1. The predicted octanol–water partition coefficient (Wildman–Crippen LogP) is 3.51. The van der Waals surface area contributed by atoms with Gasteiger partial charge in [0.2, 0.25) is 0 Å². The number of rotatable bonds is 2. The van der Waals surface area contributed by atoms with Crippen LogP contribution in [0.1, 0.15) is 11.1 Å². The zero-order valence-corrected chi connectivity index (χ0v) is 9.76. The highest BCUT2D eigenvalue weighted by Gasteiger charge is 2.01. The molecule has 0 aliphatic carbocycles. The summed E-state index contributed by atoms with van der Waals surface area (Å²) in [5, 5.41) is 9.08. The van der Waals surface area contributed by atoms with Crippen molar-refractivity contribution in [3.63, 3.8) is 0 Å². The van der Waals surface area contributed by atoms with Crippen LogP contribution in [0.5, 0.6) is 0 Å². The fraction of sp³-hybridized carbons (Fsp3) is 0.100. The van der Waals surface area contributed by atoms with Gasteiger partial charge >= 0.3 is 5.97 Å². The molecule has 0 fully saturated rings. The standard InChI is InChI=1S/C10H8BrClO2/c1-6-4-8(11)7(5-9(6)12)2-3-10(13)14/h2-5H,1H3,(H,13,14)/b3-2+. The molecule has 0 saturated heterocycles. The van der Waals surface area contributed by atoms with Gasteiger partial charge in [-0.2, -0.15) is 0 Å². The van der Waals surface area contributed by atoms with E-state index >= 15 is 0 Å². The molecular weight excluding hydrogens is 267 g/mol. The van der Waals surface area contributed by atoms with Crippen molar-refractivity contribution in [2.75, 3.05) is 0 Å². The minimum absolute atomic E-state index is 0.623. The topological polar surface area (TPSA) is 37.3 Å². The maximum Gasteiger partial charge on any atom is 0.328 e. The van der Waals surface area contributed by atoms with E-state index in [9.17, 15) is 4.79 Å². The largest absolute Gasteiger partial charge is 0.478 e. The minimum Gasteiger partial charge on any atom is -0.478 e. The Morgan fingerprint density at radius 1 is 1.57 bits per heavy atom. The van der Waals surface area contributed by atoms with Gasteiger partial charge in [-0.1, -0.05) is 27.5 Å². The fourth-order valence-electron chi connectivity index (χ4n) is 0.950. The monoisotopic (exact) mass is 274 g/mol. The van der Waals surface area contributed by atoms with Crippen molar-refractivity contribution >= 4 is 39.6 Å². The van der Waals surface area contributed by atoms with Crippen LogP contribution in [0.25, 0.3) is 6.08 Å². The molecule has 0 atom stereocenters. The molecule has 2 nitrogen and oxygen atoms in total. The number of carboxylic acids is 1. The van der Waals surface area contributed by atoms with Crippen LogP contribution < -0.4 is 0 Å². The summed E-state index contributed by atoms with van der Waals surface area (Å²) in [5.41, 5.74) is 1.70. The molecule has 0 spiro atoms. The second-order valence-corrected chi connectivity index (χ2v) is 4.06. The molecular formula is C10H8BrClO2. The van der Waals surface area contributed by atoms with Crippen LogP contribution in [0.3, 0.4) is 0 Å². The predicted molar refractivity (Wildman–Crippen MR) is 60.6 cm³/mol. The third kappa shape index (κ3) is 2.86. The minimum atomic E-state index is -0.978. The van der Waals surface area contributed by atoms with Gasteiger partial charge in [-0.05, 0) is 36.3 Å². The van der Waals surface area contributed by atoms with Crippen molar-refractivity contribution in [2.45, 2.75) is 6.92 Å². The van der Waals surface area contributed by atoms with Gasteiger partial charge in [-0.25, -0.2) is 4.79 Å². The first-order chi connectivity index (χ1) is 6.50. The molecule has 1 rings (SSSR count). The molecule has 0 aliphatic rings. The van der Waals surface area contributed by atoms with Crippen molar-refractivity contribution in [3.05, 3.63) is 38.8 Å². The maximum absolute atomic E-state index is 10.3. The van der Waals surface area contributed by atoms with Crippen molar-refractivity contribution in [1.29, 1.82) is 0 Å². The normalized spacial score (nSPS) is 10.8. The molecule has 14 heavy (non-hydrogen) atoms. The molecule has 0 bridgehead atoms. The van der Waals surface area contributed by atoms with Crippen LogP contribution in [-0.2, 0) is 4.79 Å². The molecule has 74 valence electrons. The first kappa shape index (κ1) is 11.3. The van der Waals surface area contributed by atoms with E-state index in [-0.39, 0.29) is 0 Å². The first-order valence-corrected chi connectivity index (χ1v) is 5.04. The Morgan fingerprint density at radius 3 is 2.79 bits per heavy atom. The molecule has 0 heterocycles.